The number of carbonyl (C=O) groups is 1. The fourth-order valence-electron chi connectivity index (χ4n) is 3.66. The third-order valence-corrected chi connectivity index (χ3v) is 7.15. The molecule has 0 spiro atoms. The van der Waals surface area contributed by atoms with Crippen molar-refractivity contribution in [1.29, 1.82) is 0 Å². The molecule has 0 fully saturated rings. The van der Waals surface area contributed by atoms with Gasteiger partial charge in [0.05, 0.1) is 20.0 Å². The summed E-state index contributed by atoms with van der Waals surface area (Å²) in [5.41, 5.74) is 3.54. The number of thiophene rings is 1. The third kappa shape index (κ3) is 5.15. The zero-order chi connectivity index (χ0) is 23.4. The van der Waals surface area contributed by atoms with E-state index in [9.17, 15) is 4.79 Å². The number of aromatic nitrogens is 3. The lowest BCUT2D eigenvalue weighted by molar-refractivity contribution is 0.102. The quantitative estimate of drug-likeness (QED) is 0.219. The van der Waals surface area contributed by atoms with Gasteiger partial charge in [-0.15, -0.1) is 21.5 Å². The van der Waals surface area contributed by atoms with Crippen molar-refractivity contribution in [2.24, 2.45) is 0 Å². The Morgan fingerprint density at radius 2 is 1.94 bits per heavy atom. The van der Waals surface area contributed by atoms with Crippen molar-refractivity contribution in [2.75, 3.05) is 20.0 Å². The molecule has 0 aliphatic heterocycles. The molecule has 0 radical (unpaired) electrons. The van der Waals surface area contributed by atoms with E-state index in [1.807, 2.05) is 26.0 Å². The summed E-state index contributed by atoms with van der Waals surface area (Å²) in [5.74, 6) is 1.82. The van der Waals surface area contributed by atoms with Gasteiger partial charge in [-0.2, -0.15) is 0 Å². The van der Waals surface area contributed by atoms with Crippen molar-refractivity contribution in [3.8, 4) is 23.0 Å². The summed E-state index contributed by atoms with van der Waals surface area (Å²) in [6.45, 7) is 4.90. The van der Waals surface area contributed by atoms with Crippen LogP contribution in [0, 0.1) is 13.8 Å². The highest BCUT2D eigenvalue weighted by Gasteiger charge is 2.18. The summed E-state index contributed by atoms with van der Waals surface area (Å²) < 4.78 is 18.6. The van der Waals surface area contributed by atoms with Crippen LogP contribution in [-0.2, 0) is 13.0 Å². The molecule has 9 heteroatoms. The van der Waals surface area contributed by atoms with Crippen molar-refractivity contribution < 1.29 is 18.7 Å². The number of methoxy groups -OCH3 is 2. The molecule has 1 aromatic carbocycles. The summed E-state index contributed by atoms with van der Waals surface area (Å²) in [4.78, 5) is 14.3. The summed E-state index contributed by atoms with van der Waals surface area (Å²) in [5, 5.41) is 10.6. The molecule has 0 unspecified atom stereocenters. The van der Waals surface area contributed by atoms with E-state index in [4.69, 9.17) is 13.9 Å². The average molecular weight is 484 g/mol. The maximum Gasteiger partial charge on any atom is 0.277 e. The number of nitrogens with zero attached hydrogens (tertiary/aromatic N) is 3. The van der Waals surface area contributed by atoms with Crippen molar-refractivity contribution in [3.63, 3.8) is 0 Å². The Kier molecular flexibility index (Phi) is 7.20. The van der Waals surface area contributed by atoms with Gasteiger partial charge in [0.1, 0.15) is 0 Å². The van der Waals surface area contributed by atoms with E-state index in [0.717, 1.165) is 29.9 Å². The maximum absolute atomic E-state index is 12.9. The monoisotopic (exact) mass is 483 g/mol. The zero-order valence-electron chi connectivity index (χ0n) is 19.0. The Labute approximate surface area is 200 Å². The van der Waals surface area contributed by atoms with Gasteiger partial charge in [0, 0.05) is 33.9 Å². The number of ketones is 1. The lowest BCUT2D eigenvalue weighted by atomic mass is 10.2. The first-order valence-electron chi connectivity index (χ1n) is 10.4. The van der Waals surface area contributed by atoms with Gasteiger partial charge < -0.3 is 18.5 Å². The molecule has 0 saturated carbocycles. The lowest BCUT2D eigenvalue weighted by Crippen LogP contribution is -2.08. The first-order chi connectivity index (χ1) is 16.0. The van der Waals surface area contributed by atoms with E-state index >= 15 is 0 Å². The topological polar surface area (TPSA) is 79.4 Å². The van der Waals surface area contributed by atoms with E-state index in [1.54, 1.807) is 37.7 Å². The highest BCUT2D eigenvalue weighted by atomic mass is 32.2. The fourth-order valence-corrected chi connectivity index (χ4v) is 5.01. The standard InChI is InChI=1S/C24H25N3O4S2/c1-15-12-19(16(2)27(15)10-9-18-6-5-11-32-18)20(28)14-33-24-26-25-23(31-24)17-7-8-21(29-3)22(13-17)30-4/h5-8,11-13H,9-10,14H2,1-4H3. The molecular formula is C24H25N3O4S2. The molecule has 0 bridgehead atoms. The molecule has 0 saturated heterocycles. The highest BCUT2D eigenvalue weighted by Crippen LogP contribution is 2.32. The summed E-state index contributed by atoms with van der Waals surface area (Å²) >= 11 is 3.00. The van der Waals surface area contributed by atoms with Gasteiger partial charge in [-0.3, -0.25) is 4.79 Å². The molecule has 0 amide bonds. The van der Waals surface area contributed by atoms with Crippen LogP contribution >= 0.6 is 23.1 Å². The summed E-state index contributed by atoms with van der Waals surface area (Å²) in [7, 11) is 3.15. The molecular weight excluding hydrogens is 458 g/mol. The minimum atomic E-state index is 0.0429. The van der Waals surface area contributed by atoms with E-state index < -0.39 is 0 Å². The number of benzene rings is 1. The van der Waals surface area contributed by atoms with Crippen LogP contribution in [0.3, 0.4) is 0 Å². The minimum absolute atomic E-state index is 0.0429. The predicted octanol–water partition coefficient (Wildman–Crippen LogP) is 5.45. The second-order valence-corrected chi connectivity index (χ2v) is 9.38. The molecule has 33 heavy (non-hydrogen) atoms. The van der Waals surface area contributed by atoms with Gasteiger partial charge >= 0.3 is 0 Å². The maximum atomic E-state index is 12.9. The fraction of sp³-hybridized carbons (Fsp3) is 0.292. The number of Topliss-reactive ketones (excluding diaryl/α,β-unsaturated/α-hetero) is 1. The van der Waals surface area contributed by atoms with Gasteiger partial charge in [-0.05, 0) is 56.0 Å². The Bertz CT molecular complexity index is 1240. The van der Waals surface area contributed by atoms with Crippen molar-refractivity contribution in [2.45, 2.75) is 32.0 Å². The molecule has 3 aromatic heterocycles. The van der Waals surface area contributed by atoms with Gasteiger partial charge in [0.25, 0.3) is 5.22 Å². The van der Waals surface area contributed by atoms with E-state index in [2.05, 4.69) is 32.3 Å². The highest BCUT2D eigenvalue weighted by molar-refractivity contribution is 7.99. The molecule has 0 aliphatic carbocycles. The van der Waals surface area contributed by atoms with Crippen LogP contribution < -0.4 is 9.47 Å². The number of hydrogen-bond acceptors (Lipinski definition) is 8. The molecule has 3 heterocycles. The molecule has 7 nitrogen and oxygen atoms in total. The number of rotatable bonds is 10. The molecule has 0 N–H and O–H groups in total. The van der Waals surface area contributed by atoms with Crippen molar-refractivity contribution >= 4 is 28.9 Å². The Morgan fingerprint density at radius 3 is 2.67 bits per heavy atom. The van der Waals surface area contributed by atoms with Crippen molar-refractivity contribution in [3.05, 3.63) is 63.6 Å². The second kappa shape index (κ2) is 10.3. The van der Waals surface area contributed by atoms with Crippen LogP contribution in [0.4, 0.5) is 0 Å². The summed E-state index contributed by atoms with van der Waals surface area (Å²) in [6, 6.07) is 11.5. The van der Waals surface area contributed by atoms with E-state index in [-0.39, 0.29) is 11.5 Å². The molecule has 4 rings (SSSR count). The van der Waals surface area contributed by atoms with Crippen LogP contribution in [-0.4, -0.2) is 40.5 Å². The Balaban J connectivity index is 1.41. The largest absolute Gasteiger partial charge is 0.493 e. The lowest BCUT2D eigenvalue weighted by Gasteiger charge is -2.09. The van der Waals surface area contributed by atoms with E-state index in [1.165, 1.54) is 16.6 Å². The first-order valence-corrected chi connectivity index (χ1v) is 12.3. The SMILES string of the molecule is COc1ccc(-c2nnc(SCC(=O)c3cc(C)n(CCc4cccs4)c3C)o2)cc1OC. The number of hydrogen-bond donors (Lipinski definition) is 0. The van der Waals surface area contributed by atoms with Gasteiger partial charge in [-0.25, -0.2) is 0 Å². The van der Waals surface area contributed by atoms with Gasteiger partial charge in [0.15, 0.2) is 17.3 Å². The van der Waals surface area contributed by atoms with E-state index in [0.29, 0.717) is 28.2 Å². The molecule has 172 valence electrons. The van der Waals surface area contributed by atoms with Crippen LogP contribution in [0.1, 0.15) is 26.6 Å². The predicted molar refractivity (Wildman–Crippen MR) is 130 cm³/mol. The Morgan fingerprint density at radius 1 is 1.12 bits per heavy atom. The Hall–Kier alpha value is -3.04. The number of thioether (sulfide) groups is 1. The van der Waals surface area contributed by atoms with Gasteiger partial charge in [-0.1, -0.05) is 17.8 Å². The van der Waals surface area contributed by atoms with Crippen LogP contribution in [0.2, 0.25) is 0 Å². The van der Waals surface area contributed by atoms with Gasteiger partial charge in [0.2, 0.25) is 5.89 Å². The minimum Gasteiger partial charge on any atom is -0.493 e. The van der Waals surface area contributed by atoms with Crippen LogP contribution in [0.5, 0.6) is 11.5 Å². The average Bonchev–Trinajstić information content (AvgIpc) is 3.57. The molecule has 0 atom stereocenters. The first kappa shape index (κ1) is 23.1. The number of aryl methyl sites for hydroxylation is 2. The van der Waals surface area contributed by atoms with Crippen LogP contribution in [0.15, 0.2) is 51.4 Å². The summed E-state index contributed by atoms with van der Waals surface area (Å²) in [6.07, 6.45) is 0.956. The molecule has 4 aromatic rings. The number of ether oxygens (including phenoxy) is 2. The zero-order valence-corrected chi connectivity index (χ0v) is 20.6. The third-order valence-electron chi connectivity index (χ3n) is 5.40. The smallest absolute Gasteiger partial charge is 0.277 e. The normalized spacial score (nSPS) is 11.0. The van der Waals surface area contributed by atoms with Crippen LogP contribution in [0.25, 0.3) is 11.5 Å². The number of carbonyl (C=O) groups excluding carboxylic acids is 1. The molecule has 0 aliphatic rings. The second-order valence-electron chi connectivity index (χ2n) is 7.42. The van der Waals surface area contributed by atoms with Crippen molar-refractivity contribution in [1.82, 2.24) is 14.8 Å².